The zero-order valence-electron chi connectivity index (χ0n) is 14.6. The first kappa shape index (κ1) is 16.7. The van der Waals surface area contributed by atoms with Gasteiger partial charge in [-0.2, -0.15) is 0 Å². The summed E-state index contributed by atoms with van der Waals surface area (Å²) in [4.78, 5) is 32.6. The molecule has 0 radical (unpaired) electrons. The van der Waals surface area contributed by atoms with Crippen LogP contribution in [0.15, 0.2) is 42.6 Å². The van der Waals surface area contributed by atoms with E-state index >= 15 is 0 Å². The number of carbonyl (C=O) groups is 2. The quantitative estimate of drug-likeness (QED) is 0.908. The second-order valence-electron chi connectivity index (χ2n) is 6.99. The van der Waals surface area contributed by atoms with Crippen LogP contribution in [-0.4, -0.2) is 53.5 Å². The molecule has 0 saturated carbocycles. The number of aliphatic hydroxyl groups excluding tert-OH is 1. The van der Waals surface area contributed by atoms with Crippen molar-refractivity contribution >= 4 is 17.5 Å². The van der Waals surface area contributed by atoms with Gasteiger partial charge in [-0.1, -0.05) is 6.07 Å². The lowest BCUT2D eigenvalue weighted by atomic mass is 9.93. The molecule has 1 saturated heterocycles. The first-order chi connectivity index (χ1) is 12.6. The summed E-state index contributed by atoms with van der Waals surface area (Å²) in [5, 5.41) is 9.74. The molecule has 2 amide bonds. The third kappa shape index (κ3) is 2.76. The summed E-state index contributed by atoms with van der Waals surface area (Å²) in [6, 6.07) is 11.2. The monoisotopic (exact) mass is 351 g/mol. The molecule has 134 valence electrons. The Morgan fingerprint density at radius 1 is 1.27 bits per heavy atom. The van der Waals surface area contributed by atoms with E-state index in [1.54, 1.807) is 29.1 Å². The predicted octanol–water partition coefficient (Wildman–Crippen LogP) is 1.45. The Labute approximate surface area is 152 Å². The Balaban J connectivity index is 1.56. The highest BCUT2D eigenvalue weighted by molar-refractivity contribution is 6.03. The van der Waals surface area contributed by atoms with E-state index in [1.807, 2.05) is 30.3 Å². The lowest BCUT2D eigenvalue weighted by Crippen LogP contribution is -2.29. The fourth-order valence-electron chi connectivity index (χ4n) is 3.94. The van der Waals surface area contributed by atoms with E-state index in [-0.39, 0.29) is 30.3 Å². The average Bonchev–Trinajstić information content (AvgIpc) is 3.23. The number of likely N-dealkylation sites (N-methyl/N-ethyl adjacent to an activating group) is 1. The molecule has 6 heteroatoms. The first-order valence-corrected chi connectivity index (χ1v) is 8.79. The zero-order chi connectivity index (χ0) is 18.3. The van der Waals surface area contributed by atoms with Gasteiger partial charge in [0.15, 0.2) is 0 Å². The van der Waals surface area contributed by atoms with Crippen LogP contribution >= 0.6 is 0 Å². The Morgan fingerprint density at radius 3 is 2.85 bits per heavy atom. The second-order valence-corrected chi connectivity index (χ2v) is 6.99. The highest BCUT2D eigenvalue weighted by atomic mass is 16.3. The minimum atomic E-state index is -0.0633. The van der Waals surface area contributed by atoms with Crippen LogP contribution in [0.25, 0.3) is 0 Å². The van der Waals surface area contributed by atoms with Crippen LogP contribution in [0.5, 0.6) is 0 Å². The van der Waals surface area contributed by atoms with Gasteiger partial charge in [-0.15, -0.1) is 0 Å². The minimum absolute atomic E-state index is 0.0176. The number of hydrogen-bond acceptors (Lipinski definition) is 4. The maximum absolute atomic E-state index is 13.0. The summed E-state index contributed by atoms with van der Waals surface area (Å²) in [6.07, 6.45) is 2.07. The van der Waals surface area contributed by atoms with Crippen LogP contribution < -0.4 is 4.90 Å². The van der Waals surface area contributed by atoms with Crippen molar-refractivity contribution in [3.05, 3.63) is 59.4 Å². The fraction of sp³-hybridized carbons (Fsp3) is 0.350. The van der Waals surface area contributed by atoms with Crippen LogP contribution in [0, 0.1) is 5.92 Å². The van der Waals surface area contributed by atoms with Crippen molar-refractivity contribution in [1.82, 2.24) is 9.88 Å². The molecule has 1 N–H and O–H groups in total. The molecule has 2 aliphatic heterocycles. The lowest BCUT2D eigenvalue weighted by molar-refractivity contribution is -0.117. The van der Waals surface area contributed by atoms with Crippen LogP contribution in [0.2, 0.25) is 0 Å². The molecular weight excluding hydrogens is 330 g/mol. The Kier molecular flexibility index (Phi) is 4.20. The van der Waals surface area contributed by atoms with E-state index in [4.69, 9.17) is 0 Å². The van der Waals surface area contributed by atoms with Gasteiger partial charge in [-0.3, -0.25) is 14.6 Å². The van der Waals surface area contributed by atoms with Gasteiger partial charge in [0.05, 0.1) is 6.42 Å². The lowest BCUT2D eigenvalue weighted by Gasteiger charge is -2.17. The number of nitrogens with zero attached hydrogens (tertiary/aromatic N) is 3. The van der Waals surface area contributed by atoms with Gasteiger partial charge in [0.2, 0.25) is 5.91 Å². The number of benzene rings is 1. The van der Waals surface area contributed by atoms with Gasteiger partial charge in [0.1, 0.15) is 0 Å². The van der Waals surface area contributed by atoms with E-state index in [9.17, 15) is 14.7 Å². The van der Waals surface area contributed by atoms with Gasteiger partial charge in [0.25, 0.3) is 5.91 Å². The Bertz CT molecular complexity index is 853. The molecular formula is C20H21N3O3. The number of aliphatic hydroxyl groups is 1. The molecule has 0 aliphatic carbocycles. The SMILES string of the molecule is CN1C(=O)Cc2cc(C(=O)N3C[C@@H](CO)[C@H](c4ccccn4)C3)ccc21. The van der Waals surface area contributed by atoms with Gasteiger partial charge in [-0.25, -0.2) is 0 Å². The van der Waals surface area contributed by atoms with E-state index in [1.165, 1.54) is 0 Å². The third-order valence-electron chi connectivity index (χ3n) is 5.43. The van der Waals surface area contributed by atoms with E-state index < -0.39 is 0 Å². The van der Waals surface area contributed by atoms with Crippen molar-refractivity contribution in [1.29, 1.82) is 0 Å². The summed E-state index contributed by atoms with van der Waals surface area (Å²) < 4.78 is 0. The van der Waals surface area contributed by atoms with E-state index in [0.29, 0.717) is 25.1 Å². The summed E-state index contributed by atoms with van der Waals surface area (Å²) in [6.45, 7) is 1.07. The zero-order valence-corrected chi connectivity index (χ0v) is 14.6. The summed E-state index contributed by atoms with van der Waals surface area (Å²) >= 11 is 0. The number of hydrogen-bond donors (Lipinski definition) is 1. The van der Waals surface area contributed by atoms with Crippen LogP contribution in [0.4, 0.5) is 5.69 Å². The van der Waals surface area contributed by atoms with Crippen molar-refractivity contribution in [2.45, 2.75) is 12.3 Å². The first-order valence-electron chi connectivity index (χ1n) is 8.79. The van der Waals surface area contributed by atoms with Crippen LogP contribution in [0.3, 0.4) is 0 Å². The van der Waals surface area contributed by atoms with Crippen LogP contribution in [0.1, 0.15) is 27.5 Å². The minimum Gasteiger partial charge on any atom is -0.396 e. The summed E-state index contributed by atoms with van der Waals surface area (Å²) in [5.74, 6) is -0.00343. The number of fused-ring (bicyclic) bond motifs is 1. The number of anilines is 1. The summed E-state index contributed by atoms with van der Waals surface area (Å²) in [7, 11) is 1.75. The number of carbonyl (C=O) groups excluding carboxylic acids is 2. The number of amides is 2. The Hall–Kier alpha value is -2.73. The van der Waals surface area contributed by atoms with Gasteiger partial charge in [0, 0.05) is 61.7 Å². The number of aromatic nitrogens is 1. The highest BCUT2D eigenvalue weighted by Crippen LogP contribution is 2.33. The fourth-order valence-corrected chi connectivity index (χ4v) is 3.94. The molecule has 2 aliphatic rings. The number of rotatable bonds is 3. The highest BCUT2D eigenvalue weighted by Gasteiger charge is 2.37. The molecule has 0 spiro atoms. The van der Waals surface area contributed by atoms with Crippen molar-refractivity contribution in [3.63, 3.8) is 0 Å². The molecule has 4 rings (SSSR count). The molecule has 6 nitrogen and oxygen atoms in total. The van der Waals surface area contributed by atoms with Crippen molar-refractivity contribution in [2.24, 2.45) is 5.92 Å². The number of pyridine rings is 1. The third-order valence-corrected chi connectivity index (χ3v) is 5.43. The van der Waals surface area contributed by atoms with Crippen molar-refractivity contribution in [3.8, 4) is 0 Å². The van der Waals surface area contributed by atoms with Gasteiger partial charge < -0.3 is 14.9 Å². The van der Waals surface area contributed by atoms with Gasteiger partial charge >= 0.3 is 0 Å². The molecule has 1 aromatic heterocycles. The number of likely N-dealkylation sites (tertiary alicyclic amines) is 1. The molecule has 1 fully saturated rings. The topological polar surface area (TPSA) is 73.7 Å². The molecule has 26 heavy (non-hydrogen) atoms. The van der Waals surface area contributed by atoms with Crippen molar-refractivity contribution in [2.75, 3.05) is 31.6 Å². The van der Waals surface area contributed by atoms with Crippen molar-refractivity contribution < 1.29 is 14.7 Å². The Morgan fingerprint density at radius 2 is 2.12 bits per heavy atom. The molecule has 0 bridgehead atoms. The maximum atomic E-state index is 13.0. The van der Waals surface area contributed by atoms with Crippen LogP contribution in [-0.2, 0) is 11.2 Å². The second kappa shape index (κ2) is 6.53. The standard InChI is InChI=1S/C20H21N3O3/c1-22-18-6-5-13(8-14(18)9-19(22)25)20(26)23-10-15(12-24)16(11-23)17-4-2-3-7-21-17/h2-8,15-16,24H,9-12H2,1H3/t15-,16+/m0/s1. The largest absolute Gasteiger partial charge is 0.396 e. The van der Waals surface area contributed by atoms with E-state index in [0.717, 1.165) is 16.9 Å². The normalized spacial score (nSPS) is 22.0. The smallest absolute Gasteiger partial charge is 0.253 e. The predicted molar refractivity (Wildman–Crippen MR) is 97.0 cm³/mol. The summed E-state index contributed by atoms with van der Waals surface area (Å²) in [5.41, 5.74) is 3.25. The van der Waals surface area contributed by atoms with E-state index in [2.05, 4.69) is 4.98 Å². The maximum Gasteiger partial charge on any atom is 0.253 e. The average molecular weight is 351 g/mol. The molecule has 2 aromatic rings. The van der Waals surface area contributed by atoms with Gasteiger partial charge in [-0.05, 0) is 35.9 Å². The molecule has 3 heterocycles. The molecule has 0 unspecified atom stereocenters. The molecule has 1 aromatic carbocycles. The molecule has 2 atom stereocenters.